The highest BCUT2D eigenvalue weighted by molar-refractivity contribution is 5.81. The van der Waals surface area contributed by atoms with Crippen molar-refractivity contribution in [3.8, 4) is 5.75 Å². The fraction of sp³-hybridized carbons (Fsp3) is 0.611. The molecule has 0 radical (unpaired) electrons. The van der Waals surface area contributed by atoms with E-state index in [1.165, 1.54) is 5.56 Å². The molecule has 1 aromatic carbocycles. The summed E-state index contributed by atoms with van der Waals surface area (Å²) >= 11 is 0. The first-order valence-electron chi connectivity index (χ1n) is 8.32. The van der Waals surface area contributed by atoms with E-state index >= 15 is 0 Å². The van der Waals surface area contributed by atoms with E-state index in [9.17, 15) is 4.79 Å². The van der Waals surface area contributed by atoms with E-state index < -0.39 is 0 Å². The molecule has 3 rings (SSSR count). The standard InChI is InChI=1S/C18H26N2O2/c1-13-12-20(18(21)15-5-6-15)10-9-17(13)19-11-14-3-7-16(22-2)8-4-14/h3-4,7-8,13,15,17,19H,5-6,9-12H2,1-2H3/t13-,17+/m1/s1. The lowest BCUT2D eigenvalue weighted by molar-refractivity contribution is -0.134. The van der Waals surface area contributed by atoms with Gasteiger partial charge in [-0.2, -0.15) is 0 Å². The second-order valence-electron chi connectivity index (χ2n) is 6.66. The van der Waals surface area contributed by atoms with Gasteiger partial charge in [-0.25, -0.2) is 0 Å². The van der Waals surface area contributed by atoms with E-state index in [0.717, 1.165) is 44.6 Å². The number of rotatable bonds is 5. The van der Waals surface area contributed by atoms with Crippen LogP contribution in [0.3, 0.4) is 0 Å². The van der Waals surface area contributed by atoms with Gasteiger partial charge in [0, 0.05) is 31.6 Å². The van der Waals surface area contributed by atoms with Crippen molar-refractivity contribution in [2.24, 2.45) is 11.8 Å². The van der Waals surface area contributed by atoms with Gasteiger partial charge in [0.05, 0.1) is 7.11 Å². The third-order valence-corrected chi connectivity index (χ3v) is 4.87. The van der Waals surface area contributed by atoms with Crippen molar-refractivity contribution < 1.29 is 9.53 Å². The molecular formula is C18H26N2O2. The van der Waals surface area contributed by atoms with Crippen LogP contribution in [-0.4, -0.2) is 37.0 Å². The van der Waals surface area contributed by atoms with Gasteiger partial charge in [-0.1, -0.05) is 19.1 Å². The number of ether oxygens (including phenoxy) is 1. The van der Waals surface area contributed by atoms with Crippen LogP contribution in [-0.2, 0) is 11.3 Å². The Morgan fingerprint density at radius 1 is 1.27 bits per heavy atom. The molecule has 1 heterocycles. The zero-order valence-corrected chi connectivity index (χ0v) is 13.5. The average molecular weight is 302 g/mol. The minimum atomic E-state index is 0.344. The molecular weight excluding hydrogens is 276 g/mol. The summed E-state index contributed by atoms with van der Waals surface area (Å²) in [5.74, 6) is 2.13. The number of piperidine rings is 1. The molecule has 0 unspecified atom stereocenters. The van der Waals surface area contributed by atoms with Gasteiger partial charge < -0.3 is 15.0 Å². The van der Waals surface area contributed by atoms with Gasteiger partial charge >= 0.3 is 0 Å². The predicted molar refractivity (Wildman–Crippen MR) is 86.7 cm³/mol. The van der Waals surface area contributed by atoms with Gasteiger partial charge in [0.1, 0.15) is 5.75 Å². The molecule has 0 aromatic heterocycles. The number of hydrogen-bond acceptors (Lipinski definition) is 3. The van der Waals surface area contributed by atoms with Crippen LogP contribution in [0.1, 0.15) is 31.7 Å². The van der Waals surface area contributed by atoms with Crippen molar-refractivity contribution in [1.82, 2.24) is 10.2 Å². The Morgan fingerprint density at radius 2 is 2.00 bits per heavy atom. The maximum absolute atomic E-state index is 12.1. The lowest BCUT2D eigenvalue weighted by Gasteiger charge is -2.37. The zero-order valence-electron chi connectivity index (χ0n) is 13.5. The SMILES string of the molecule is COc1ccc(CN[C@H]2CCN(C(=O)C3CC3)C[C@H]2C)cc1. The van der Waals surface area contributed by atoms with E-state index in [1.54, 1.807) is 7.11 Å². The number of nitrogens with one attached hydrogen (secondary N) is 1. The summed E-state index contributed by atoms with van der Waals surface area (Å²) in [6.07, 6.45) is 3.25. The van der Waals surface area contributed by atoms with E-state index in [-0.39, 0.29) is 0 Å². The molecule has 1 N–H and O–H groups in total. The lowest BCUT2D eigenvalue weighted by Crippen LogP contribution is -2.50. The first-order chi connectivity index (χ1) is 10.7. The highest BCUT2D eigenvalue weighted by Crippen LogP contribution is 2.32. The molecule has 2 aliphatic rings. The third kappa shape index (κ3) is 3.61. The Balaban J connectivity index is 1.47. The molecule has 1 aliphatic carbocycles. The van der Waals surface area contributed by atoms with Crippen LogP contribution in [0.5, 0.6) is 5.75 Å². The minimum absolute atomic E-state index is 0.344. The van der Waals surface area contributed by atoms with Crippen LogP contribution in [0.25, 0.3) is 0 Å². The monoisotopic (exact) mass is 302 g/mol. The van der Waals surface area contributed by atoms with E-state index in [2.05, 4.69) is 29.3 Å². The predicted octanol–water partition coefficient (Wildman–Crippen LogP) is 2.43. The zero-order chi connectivity index (χ0) is 15.5. The molecule has 0 bridgehead atoms. The van der Waals surface area contributed by atoms with E-state index in [1.807, 2.05) is 12.1 Å². The lowest BCUT2D eigenvalue weighted by atomic mass is 9.93. The topological polar surface area (TPSA) is 41.6 Å². The first kappa shape index (κ1) is 15.3. The average Bonchev–Trinajstić information content (AvgIpc) is 3.38. The maximum Gasteiger partial charge on any atom is 0.225 e. The summed E-state index contributed by atoms with van der Waals surface area (Å²) in [7, 11) is 1.69. The summed E-state index contributed by atoms with van der Waals surface area (Å²) in [6, 6.07) is 8.68. The Labute approximate surface area is 132 Å². The van der Waals surface area contributed by atoms with Crippen LogP contribution < -0.4 is 10.1 Å². The quantitative estimate of drug-likeness (QED) is 0.908. The van der Waals surface area contributed by atoms with Crippen molar-refractivity contribution in [2.45, 2.75) is 38.8 Å². The highest BCUT2D eigenvalue weighted by atomic mass is 16.5. The van der Waals surface area contributed by atoms with Gasteiger partial charge in [-0.15, -0.1) is 0 Å². The molecule has 1 aromatic rings. The normalized spacial score (nSPS) is 25.1. The number of hydrogen-bond donors (Lipinski definition) is 1. The van der Waals surface area contributed by atoms with Crippen molar-refractivity contribution in [1.29, 1.82) is 0 Å². The minimum Gasteiger partial charge on any atom is -0.497 e. The van der Waals surface area contributed by atoms with Gasteiger partial charge in [0.15, 0.2) is 0 Å². The van der Waals surface area contributed by atoms with Gasteiger partial charge in [0.25, 0.3) is 0 Å². The van der Waals surface area contributed by atoms with Crippen LogP contribution in [0, 0.1) is 11.8 Å². The second-order valence-corrected chi connectivity index (χ2v) is 6.66. The smallest absolute Gasteiger partial charge is 0.225 e. The maximum atomic E-state index is 12.1. The Bertz CT molecular complexity index is 510. The van der Waals surface area contributed by atoms with Crippen molar-refractivity contribution in [3.05, 3.63) is 29.8 Å². The molecule has 2 atom stereocenters. The number of amides is 1. The molecule has 1 aliphatic heterocycles. The van der Waals surface area contributed by atoms with Gasteiger partial charge in [-0.05, 0) is 42.9 Å². The highest BCUT2D eigenvalue weighted by Gasteiger charge is 2.36. The number of nitrogens with zero attached hydrogens (tertiary/aromatic N) is 1. The Kier molecular flexibility index (Phi) is 4.67. The molecule has 120 valence electrons. The largest absolute Gasteiger partial charge is 0.497 e. The molecule has 4 nitrogen and oxygen atoms in total. The van der Waals surface area contributed by atoms with Crippen molar-refractivity contribution in [2.75, 3.05) is 20.2 Å². The van der Waals surface area contributed by atoms with Crippen LogP contribution in [0.4, 0.5) is 0 Å². The number of methoxy groups -OCH3 is 1. The molecule has 1 saturated heterocycles. The molecule has 1 amide bonds. The summed E-state index contributed by atoms with van der Waals surface area (Å²) < 4.78 is 5.18. The van der Waals surface area contributed by atoms with Crippen LogP contribution in [0.15, 0.2) is 24.3 Å². The fourth-order valence-electron chi connectivity index (χ4n) is 3.23. The van der Waals surface area contributed by atoms with Crippen molar-refractivity contribution in [3.63, 3.8) is 0 Å². The Morgan fingerprint density at radius 3 is 2.59 bits per heavy atom. The van der Waals surface area contributed by atoms with E-state index in [0.29, 0.717) is 23.8 Å². The third-order valence-electron chi connectivity index (χ3n) is 4.87. The summed E-state index contributed by atoms with van der Waals surface area (Å²) in [6.45, 7) is 4.92. The molecule has 1 saturated carbocycles. The first-order valence-corrected chi connectivity index (χ1v) is 8.32. The number of carbonyl (C=O) groups is 1. The molecule has 2 fully saturated rings. The van der Waals surface area contributed by atoms with Crippen molar-refractivity contribution >= 4 is 5.91 Å². The number of benzene rings is 1. The van der Waals surface area contributed by atoms with Gasteiger partial charge in [0.2, 0.25) is 5.91 Å². The van der Waals surface area contributed by atoms with E-state index in [4.69, 9.17) is 4.74 Å². The molecule has 4 heteroatoms. The van der Waals surface area contributed by atoms with Gasteiger partial charge in [-0.3, -0.25) is 4.79 Å². The number of carbonyl (C=O) groups excluding carboxylic acids is 1. The van der Waals surface area contributed by atoms with Crippen LogP contribution >= 0.6 is 0 Å². The molecule has 22 heavy (non-hydrogen) atoms. The summed E-state index contributed by atoms with van der Waals surface area (Å²) in [5.41, 5.74) is 1.27. The summed E-state index contributed by atoms with van der Waals surface area (Å²) in [5, 5.41) is 3.65. The number of likely N-dealkylation sites (tertiary alicyclic amines) is 1. The molecule has 0 spiro atoms. The summed E-state index contributed by atoms with van der Waals surface area (Å²) in [4.78, 5) is 14.2. The fourth-order valence-corrected chi connectivity index (χ4v) is 3.23. The van der Waals surface area contributed by atoms with Crippen LogP contribution in [0.2, 0.25) is 0 Å². The Hall–Kier alpha value is -1.55. The second kappa shape index (κ2) is 6.69.